The van der Waals surface area contributed by atoms with Gasteiger partial charge < -0.3 is 9.30 Å². The van der Waals surface area contributed by atoms with Gasteiger partial charge in [-0.15, -0.1) is 0 Å². The van der Waals surface area contributed by atoms with Crippen LogP contribution in [-0.2, 0) is 21.3 Å². The Hall–Kier alpha value is -1.86. The predicted molar refractivity (Wildman–Crippen MR) is 121 cm³/mol. The number of fused-ring (bicyclic) bond motifs is 1. The van der Waals surface area contributed by atoms with Gasteiger partial charge in [-0.1, -0.05) is 29.8 Å². The lowest BCUT2D eigenvalue weighted by Crippen LogP contribution is -2.37. The molecule has 0 spiro atoms. The maximum atomic E-state index is 13.0. The Morgan fingerprint density at radius 3 is 2.47 bits per heavy atom. The summed E-state index contributed by atoms with van der Waals surface area (Å²) in [6.45, 7) is 5.27. The van der Waals surface area contributed by atoms with Crippen molar-refractivity contribution in [3.05, 3.63) is 65.3 Å². The molecule has 4 rings (SSSR count). The first-order chi connectivity index (χ1) is 14.5. The van der Waals surface area contributed by atoms with Crippen molar-refractivity contribution >= 4 is 32.5 Å². The van der Waals surface area contributed by atoms with E-state index in [1.165, 1.54) is 16.5 Å². The summed E-state index contributed by atoms with van der Waals surface area (Å²) in [5.41, 5.74) is 2.52. The van der Waals surface area contributed by atoms with Crippen molar-refractivity contribution in [3.63, 3.8) is 0 Å². The molecule has 0 saturated carbocycles. The fourth-order valence-electron chi connectivity index (χ4n) is 4.26. The Balaban J connectivity index is 1.51. The van der Waals surface area contributed by atoms with E-state index in [2.05, 4.69) is 35.0 Å². The van der Waals surface area contributed by atoms with E-state index in [-0.39, 0.29) is 0 Å². The SMILES string of the molecule is CCOCCn1cc(C2CCN(S(=O)(=O)c3ccc(Cl)cc3)CC2)c2ccccc21. The van der Waals surface area contributed by atoms with Gasteiger partial charge >= 0.3 is 0 Å². The van der Waals surface area contributed by atoms with Gasteiger partial charge in [0.2, 0.25) is 10.0 Å². The second kappa shape index (κ2) is 9.10. The second-order valence-electron chi connectivity index (χ2n) is 7.62. The Kier molecular flexibility index (Phi) is 6.48. The molecule has 1 aliphatic rings. The molecule has 0 unspecified atom stereocenters. The molecule has 1 aromatic heterocycles. The minimum atomic E-state index is -3.48. The van der Waals surface area contributed by atoms with E-state index in [0.29, 0.717) is 42.1 Å². The molecule has 1 aliphatic heterocycles. The number of hydrogen-bond acceptors (Lipinski definition) is 3. The van der Waals surface area contributed by atoms with Gasteiger partial charge in [-0.2, -0.15) is 4.31 Å². The average molecular weight is 447 g/mol. The van der Waals surface area contributed by atoms with Gasteiger partial charge in [0.25, 0.3) is 0 Å². The third-order valence-corrected chi connectivity index (χ3v) is 8.01. The van der Waals surface area contributed by atoms with E-state index in [4.69, 9.17) is 16.3 Å². The topological polar surface area (TPSA) is 51.5 Å². The summed E-state index contributed by atoms with van der Waals surface area (Å²) in [5.74, 6) is 0.347. The second-order valence-corrected chi connectivity index (χ2v) is 10.00. The van der Waals surface area contributed by atoms with Crippen LogP contribution < -0.4 is 0 Å². The summed E-state index contributed by atoms with van der Waals surface area (Å²) < 4.78 is 35.3. The first-order valence-electron chi connectivity index (χ1n) is 10.4. The number of piperidine rings is 1. The summed E-state index contributed by atoms with van der Waals surface area (Å²) in [6, 6.07) is 14.8. The third-order valence-electron chi connectivity index (χ3n) is 5.85. The summed E-state index contributed by atoms with van der Waals surface area (Å²) in [6.07, 6.45) is 3.86. The molecule has 0 radical (unpaired) electrons. The Morgan fingerprint density at radius 2 is 1.77 bits per heavy atom. The third kappa shape index (κ3) is 4.28. The molecule has 0 atom stereocenters. The van der Waals surface area contributed by atoms with Gasteiger partial charge in [-0.05, 0) is 61.6 Å². The number of aromatic nitrogens is 1. The van der Waals surface area contributed by atoms with Crippen molar-refractivity contribution in [1.82, 2.24) is 8.87 Å². The molecule has 2 aromatic carbocycles. The van der Waals surface area contributed by atoms with Crippen LogP contribution in [0, 0.1) is 0 Å². The van der Waals surface area contributed by atoms with Gasteiger partial charge in [-0.25, -0.2) is 8.42 Å². The minimum absolute atomic E-state index is 0.304. The molecule has 0 aliphatic carbocycles. The highest BCUT2D eigenvalue weighted by Crippen LogP contribution is 2.36. The van der Waals surface area contributed by atoms with E-state index < -0.39 is 10.0 Å². The van der Waals surface area contributed by atoms with Crippen LogP contribution in [0.5, 0.6) is 0 Å². The lowest BCUT2D eigenvalue weighted by molar-refractivity contribution is 0.140. The molecule has 0 N–H and O–H groups in total. The number of halogens is 1. The molecule has 0 amide bonds. The highest BCUT2D eigenvalue weighted by molar-refractivity contribution is 7.89. The molecule has 3 aromatic rings. The number of ether oxygens (including phenoxy) is 1. The number of nitrogens with zero attached hydrogens (tertiary/aromatic N) is 2. The van der Waals surface area contributed by atoms with Crippen LogP contribution in [0.15, 0.2) is 59.6 Å². The Labute approximate surface area is 183 Å². The first-order valence-corrected chi connectivity index (χ1v) is 12.2. The zero-order chi connectivity index (χ0) is 21.1. The highest BCUT2D eigenvalue weighted by atomic mass is 35.5. The van der Waals surface area contributed by atoms with E-state index in [1.54, 1.807) is 28.6 Å². The van der Waals surface area contributed by atoms with Crippen LogP contribution in [0.2, 0.25) is 5.02 Å². The lowest BCUT2D eigenvalue weighted by atomic mass is 9.90. The van der Waals surface area contributed by atoms with Crippen molar-refractivity contribution in [2.24, 2.45) is 0 Å². The molecule has 160 valence electrons. The van der Waals surface area contributed by atoms with Gasteiger partial charge in [0.1, 0.15) is 0 Å². The summed E-state index contributed by atoms with van der Waals surface area (Å²) >= 11 is 5.91. The predicted octanol–water partition coefficient (Wildman–Crippen LogP) is 4.90. The zero-order valence-corrected chi connectivity index (χ0v) is 18.7. The lowest BCUT2D eigenvalue weighted by Gasteiger charge is -2.31. The van der Waals surface area contributed by atoms with Crippen LogP contribution >= 0.6 is 11.6 Å². The summed E-state index contributed by atoms with van der Waals surface area (Å²) in [5, 5.41) is 1.79. The smallest absolute Gasteiger partial charge is 0.243 e. The largest absolute Gasteiger partial charge is 0.380 e. The van der Waals surface area contributed by atoms with Gasteiger partial charge in [-0.3, -0.25) is 0 Å². The van der Waals surface area contributed by atoms with E-state index >= 15 is 0 Å². The molecule has 30 heavy (non-hydrogen) atoms. The average Bonchev–Trinajstić information content (AvgIpc) is 3.13. The van der Waals surface area contributed by atoms with Crippen molar-refractivity contribution < 1.29 is 13.2 Å². The Morgan fingerprint density at radius 1 is 1.07 bits per heavy atom. The van der Waals surface area contributed by atoms with Crippen LogP contribution in [0.1, 0.15) is 31.2 Å². The maximum Gasteiger partial charge on any atom is 0.243 e. The molecule has 0 bridgehead atoms. The summed E-state index contributed by atoms with van der Waals surface area (Å²) in [4.78, 5) is 0.304. The zero-order valence-electron chi connectivity index (χ0n) is 17.1. The first kappa shape index (κ1) is 21.4. The standard InChI is InChI=1S/C23H27ClN2O3S/c1-2-29-16-15-25-17-22(21-5-3-4-6-23(21)25)18-11-13-26(14-12-18)30(27,28)20-9-7-19(24)8-10-20/h3-10,17-18H,2,11-16H2,1H3. The van der Waals surface area contributed by atoms with Gasteiger partial charge in [0.15, 0.2) is 0 Å². The van der Waals surface area contributed by atoms with Crippen LogP contribution in [0.4, 0.5) is 0 Å². The highest BCUT2D eigenvalue weighted by Gasteiger charge is 2.31. The van der Waals surface area contributed by atoms with E-state index in [1.807, 2.05) is 6.92 Å². The normalized spacial score (nSPS) is 16.3. The van der Waals surface area contributed by atoms with Gasteiger partial charge in [0, 0.05) is 48.4 Å². The molecule has 7 heteroatoms. The molecule has 1 saturated heterocycles. The molecule has 2 heterocycles. The van der Waals surface area contributed by atoms with Crippen LogP contribution in [0.25, 0.3) is 10.9 Å². The fourth-order valence-corrected chi connectivity index (χ4v) is 5.85. The molecular formula is C23H27ClN2O3S. The number of hydrogen-bond donors (Lipinski definition) is 0. The molecular weight excluding hydrogens is 420 g/mol. The van der Waals surface area contributed by atoms with Crippen LogP contribution in [-0.4, -0.2) is 43.6 Å². The quantitative estimate of drug-likeness (QED) is 0.485. The molecule has 5 nitrogen and oxygen atoms in total. The summed E-state index contributed by atoms with van der Waals surface area (Å²) in [7, 11) is -3.48. The van der Waals surface area contributed by atoms with Crippen molar-refractivity contribution in [3.8, 4) is 0 Å². The van der Waals surface area contributed by atoms with Crippen molar-refractivity contribution in [1.29, 1.82) is 0 Å². The molecule has 1 fully saturated rings. The Bertz CT molecular complexity index is 1100. The van der Waals surface area contributed by atoms with Gasteiger partial charge in [0.05, 0.1) is 11.5 Å². The fraction of sp³-hybridized carbons (Fsp3) is 0.391. The van der Waals surface area contributed by atoms with Crippen molar-refractivity contribution in [2.75, 3.05) is 26.3 Å². The number of rotatable bonds is 7. The monoisotopic (exact) mass is 446 g/mol. The van der Waals surface area contributed by atoms with E-state index in [9.17, 15) is 8.42 Å². The van der Waals surface area contributed by atoms with Crippen LogP contribution in [0.3, 0.4) is 0 Å². The maximum absolute atomic E-state index is 13.0. The van der Waals surface area contributed by atoms with E-state index in [0.717, 1.165) is 19.4 Å². The van der Waals surface area contributed by atoms with Crippen molar-refractivity contribution in [2.45, 2.75) is 37.1 Å². The number of benzene rings is 2. The minimum Gasteiger partial charge on any atom is -0.380 e. The number of para-hydroxylation sites is 1. The number of sulfonamides is 1.